The van der Waals surface area contributed by atoms with Crippen LogP contribution in [0.1, 0.15) is 25.7 Å². The highest BCUT2D eigenvalue weighted by molar-refractivity contribution is 7.16. The Hall–Kier alpha value is 0.350. The van der Waals surface area contributed by atoms with Gasteiger partial charge in [-0.25, -0.2) is 0 Å². The molecule has 0 amide bonds. The van der Waals surface area contributed by atoms with Crippen LogP contribution >= 0.6 is 9.24 Å². The number of nitrogens with zero attached hydrogens (tertiary/aromatic N) is 2. The molecule has 1 atom stereocenters. The first-order chi connectivity index (χ1) is 6.33. The molecule has 1 unspecified atom stereocenters. The fourth-order valence-corrected chi connectivity index (χ4v) is 2.02. The molecule has 3 heteroatoms. The normalized spacial score (nSPS) is 19.6. The second-order valence-corrected chi connectivity index (χ2v) is 4.38. The van der Waals surface area contributed by atoms with Gasteiger partial charge in [-0.15, -0.1) is 9.24 Å². The summed E-state index contributed by atoms with van der Waals surface area (Å²) in [6.07, 6.45) is 6.70. The largest absolute Gasteiger partial charge is 0.303 e. The Balaban J connectivity index is 1.98. The van der Waals surface area contributed by atoms with Crippen LogP contribution in [-0.4, -0.2) is 49.3 Å². The molecule has 1 heterocycles. The first-order valence-electron chi connectivity index (χ1n) is 5.44. The van der Waals surface area contributed by atoms with Crippen molar-refractivity contribution in [3.63, 3.8) is 0 Å². The lowest BCUT2D eigenvalue weighted by molar-refractivity contribution is 0.216. The summed E-state index contributed by atoms with van der Waals surface area (Å²) in [6.45, 7) is 5.21. The third kappa shape index (κ3) is 4.95. The van der Waals surface area contributed by atoms with Crippen LogP contribution in [0, 0.1) is 0 Å². The molecule has 78 valence electrons. The Kier molecular flexibility index (Phi) is 5.93. The lowest BCUT2D eigenvalue weighted by Crippen LogP contribution is -2.32. The van der Waals surface area contributed by atoms with Crippen LogP contribution in [0.5, 0.6) is 0 Å². The van der Waals surface area contributed by atoms with Crippen molar-refractivity contribution in [2.24, 2.45) is 0 Å². The summed E-state index contributed by atoms with van der Waals surface area (Å²) in [5.74, 6) is 0. The molecule has 0 N–H and O–H groups in total. The molecular formula is C10H23N2P. The summed E-state index contributed by atoms with van der Waals surface area (Å²) in [5.41, 5.74) is 0. The summed E-state index contributed by atoms with van der Waals surface area (Å²) in [6, 6.07) is 0. The maximum atomic E-state index is 2.77. The minimum Gasteiger partial charge on any atom is -0.303 e. The fourth-order valence-electron chi connectivity index (χ4n) is 1.84. The minimum atomic E-state index is 1.10. The highest BCUT2D eigenvalue weighted by atomic mass is 31.0. The zero-order valence-electron chi connectivity index (χ0n) is 8.84. The van der Waals surface area contributed by atoms with E-state index in [-0.39, 0.29) is 0 Å². The molecule has 0 aromatic rings. The molecule has 0 aliphatic carbocycles. The van der Waals surface area contributed by atoms with Gasteiger partial charge in [0, 0.05) is 6.29 Å². The van der Waals surface area contributed by atoms with E-state index in [0.29, 0.717) is 0 Å². The molecule has 0 spiro atoms. The topological polar surface area (TPSA) is 6.48 Å². The number of piperidine rings is 1. The molecule has 0 aromatic heterocycles. The number of rotatable bonds is 5. The van der Waals surface area contributed by atoms with Crippen molar-refractivity contribution in [2.45, 2.75) is 25.7 Å². The maximum absolute atomic E-state index is 2.77. The van der Waals surface area contributed by atoms with Crippen LogP contribution in [0.3, 0.4) is 0 Å². The van der Waals surface area contributed by atoms with Gasteiger partial charge in [-0.2, -0.15) is 0 Å². The average Bonchev–Trinajstić information content (AvgIpc) is 2.19. The van der Waals surface area contributed by atoms with Gasteiger partial charge in [0.05, 0.1) is 0 Å². The van der Waals surface area contributed by atoms with Gasteiger partial charge in [0.2, 0.25) is 0 Å². The SMILES string of the molecule is CN(CP)CCCN1CCCCC1. The molecule has 1 aliphatic rings. The van der Waals surface area contributed by atoms with Gasteiger partial charge in [0.15, 0.2) is 0 Å². The van der Waals surface area contributed by atoms with E-state index in [1.54, 1.807) is 0 Å². The minimum absolute atomic E-state index is 1.10. The average molecular weight is 202 g/mol. The van der Waals surface area contributed by atoms with Gasteiger partial charge in [-0.1, -0.05) is 6.42 Å². The highest BCUT2D eigenvalue weighted by Crippen LogP contribution is 2.08. The van der Waals surface area contributed by atoms with Crippen LogP contribution in [0.4, 0.5) is 0 Å². The van der Waals surface area contributed by atoms with Crippen molar-refractivity contribution in [2.75, 3.05) is 39.5 Å². The summed E-state index contributed by atoms with van der Waals surface area (Å²) in [7, 11) is 4.95. The van der Waals surface area contributed by atoms with E-state index in [9.17, 15) is 0 Å². The molecule has 0 radical (unpaired) electrons. The van der Waals surface area contributed by atoms with Crippen molar-refractivity contribution in [1.82, 2.24) is 9.80 Å². The van der Waals surface area contributed by atoms with E-state index in [0.717, 1.165) is 6.29 Å². The summed E-state index contributed by atoms with van der Waals surface area (Å²) < 4.78 is 0. The number of hydrogen-bond donors (Lipinski definition) is 0. The maximum Gasteiger partial charge on any atom is 0.0123 e. The standard InChI is InChI=1S/C10H23N2P/c1-11(10-13)6-5-9-12-7-3-2-4-8-12/h2-10,13H2,1H3. The Bertz CT molecular complexity index is 124. The zero-order valence-corrected chi connectivity index (χ0v) is 9.99. The molecule has 0 aromatic carbocycles. The molecular weight excluding hydrogens is 179 g/mol. The third-order valence-corrected chi connectivity index (χ3v) is 3.40. The van der Waals surface area contributed by atoms with Crippen molar-refractivity contribution in [3.8, 4) is 0 Å². The molecule has 0 bridgehead atoms. The molecule has 13 heavy (non-hydrogen) atoms. The first kappa shape index (κ1) is 11.4. The van der Waals surface area contributed by atoms with E-state index >= 15 is 0 Å². The van der Waals surface area contributed by atoms with Crippen molar-refractivity contribution < 1.29 is 0 Å². The molecule has 1 fully saturated rings. The van der Waals surface area contributed by atoms with E-state index in [4.69, 9.17) is 0 Å². The van der Waals surface area contributed by atoms with E-state index in [1.807, 2.05) is 0 Å². The Morgan fingerprint density at radius 1 is 1.23 bits per heavy atom. The second kappa shape index (κ2) is 6.75. The van der Waals surface area contributed by atoms with E-state index in [2.05, 4.69) is 26.1 Å². The van der Waals surface area contributed by atoms with Gasteiger partial charge in [0.1, 0.15) is 0 Å². The molecule has 2 nitrogen and oxygen atoms in total. The Morgan fingerprint density at radius 3 is 2.54 bits per heavy atom. The van der Waals surface area contributed by atoms with Crippen LogP contribution in [0.15, 0.2) is 0 Å². The van der Waals surface area contributed by atoms with E-state index in [1.165, 1.54) is 51.9 Å². The zero-order chi connectivity index (χ0) is 9.52. The molecule has 1 rings (SSSR count). The smallest absolute Gasteiger partial charge is 0.0123 e. The molecule has 0 saturated carbocycles. The molecule has 1 saturated heterocycles. The van der Waals surface area contributed by atoms with Crippen molar-refractivity contribution in [3.05, 3.63) is 0 Å². The lowest BCUT2D eigenvalue weighted by atomic mass is 10.1. The lowest BCUT2D eigenvalue weighted by Gasteiger charge is -2.27. The summed E-state index contributed by atoms with van der Waals surface area (Å²) in [4.78, 5) is 4.97. The Labute approximate surface area is 84.9 Å². The van der Waals surface area contributed by atoms with Crippen LogP contribution in [0.2, 0.25) is 0 Å². The predicted molar refractivity (Wildman–Crippen MR) is 62.1 cm³/mol. The van der Waals surface area contributed by atoms with Crippen molar-refractivity contribution in [1.29, 1.82) is 0 Å². The summed E-state index contributed by atoms with van der Waals surface area (Å²) >= 11 is 0. The van der Waals surface area contributed by atoms with E-state index < -0.39 is 0 Å². The highest BCUT2D eigenvalue weighted by Gasteiger charge is 2.08. The predicted octanol–water partition coefficient (Wildman–Crippen LogP) is 1.63. The second-order valence-electron chi connectivity index (χ2n) is 4.02. The molecule has 1 aliphatic heterocycles. The monoisotopic (exact) mass is 202 g/mol. The van der Waals surface area contributed by atoms with Gasteiger partial charge in [-0.3, -0.25) is 0 Å². The van der Waals surface area contributed by atoms with Crippen LogP contribution in [-0.2, 0) is 0 Å². The third-order valence-electron chi connectivity index (χ3n) is 2.77. The van der Waals surface area contributed by atoms with Crippen LogP contribution in [0.25, 0.3) is 0 Å². The fraction of sp³-hybridized carbons (Fsp3) is 1.00. The summed E-state index contributed by atoms with van der Waals surface area (Å²) in [5, 5.41) is 0. The van der Waals surface area contributed by atoms with Gasteiger partial charge < -0.3 is 9.80 Å². The quantitative estimate of drug-likeness (QED) is 0.625. The number of hydrogen-bond acceptors (Lipinski definition) is 2. The van der Waals surface area contributed by atoms with Crippen LogP contribution < -0.4 is 0 Å². The Morgan fingerprint density at radius 2 is 1.92 bits per heavy atom. The van der Waals surface area contributed by atoms with Gasteiger partial charge in [0.25, 0.3) is 0 Å². The van der Waals surface area contributed by atoms with Gasteiger partial charge >= 0.3 is 0 Å². The van der Waals surface area contributed by atoms with Gasteiger partial charge in [-0.05, 0) is 52.5 Å². The first-order valence-corrected chi connectivity index (χ1v) is 6.25. The number of likely N-dealkylation sites (tertiary alicyclic amines) is 1. The van der Waals surface area contributed by atoms with Crippen molar-refractivity contribution >= 4 is 9.24 Å².